The van der Waals surface area contributed by atoms with E-state index in [0.29, 0.717) is 0 Å². The summed E-state index contributed by atoms with van der Waals surface area (Å²) in [5.41, 5.74) is 0. The molecule has 17 heavy (non-hydrogen) atoms. The van der Waals surface area contributed by atoms with Crippen molar-refractivity contribution in [3.8, 4) is 0 Å². The Morgan fingerprint density at radius 2 is 1.47 bits per heavy atom. The van der Waals surface area contributed by atoms with Crippen molar-refractivity contribution in [2.45, 2.75) is 76.1 Å². The summed E-state index contributed by atoms with van der Waals surface area (Å²) in [5, 5.41) is 4.93. The number of hydrogen-bond acceptors (Lipinski definition) is 2. The van der Waals surface area contributed by atoms with E-state index < -0.39 is 0 Å². The molecule has 2 rings (SSSR count). The van der Waals surface area contributed by atoms with Gasteiger partial charge in [-0.05, 0) is 56.6 Å². The molecule has 2 aliphatic rings. The minimum Gasteiger partial charge on any atom is -0.311 e. The second kappa shape index (κ2) is 6.47. The average Bonchev–Trinajstić information content (AvgIpc) is 2.35. The van der Waals surface area contributed by atoms with Crippen LogP contribution in [0.2, 0.25) is 0 Å². The Labute approximate surface area is 112 Å². The van der Waals surface area contributed by atoms with Crippen LogP contribution in [0.25, 0.3) is 0 Å². The van der Waals surface area contributed by atoms with Crippen LogP contribution >= 0.6 is 11.8 Å². The Bertz CT molecular complexity index is 213. The van der Waals surface area contributed by atoms with E-state index in [9.17, 15) is 0 Å². The molecule has 0 radical (unpaired) electrons. The summed E-state index contributed by atoms with van der Waals surface area (Å²) in [6.45, 7) is 4.89. The van der Waals surface area contributed by atoms with Crippen molar-refractivity contribution in [1.82, 2.24) is 5.32 Å². The largest absolute Gasteiger partial charge is 0.311 e. The van der Waals surface area contributed by atoms with Crippen LogP contribution in [-0.4, -0.2) is 23.6 Å². The summed E-state index contributed by atoms with van der Waals surface area (Å²) in [6, 6.07) is 1.60. The van der Waals surface area contributed by atoms with Crippen LogP contribution in [0.1, 0.15) is 58.8 Å². The summed E-state index contributed by atoms with van der Waals surface area (Å²) in [4.78, 5) is 0. The monoisotopic (exact) mass is 255 g/mol. The van der Waals surface area contributed by atoms with E-state index in [1.54, 1.807) is 0 Å². The molecule has 0 aromatic rings. The lowest BCUT2D eigenvalue weighted by atomic mass is 9.78. The summed E-state index contributed by atoms with van der Waals surface area (Å²) in [6.07, 6.45) is 12.2. The van der Waals surface area contributed by atoms with Crippen LogP contribution in [0.15, 0.2) is 0 Å². The number of hydrogen-bond donors (Lipinski definition) is 1. The Kier molecular flexibility index (Phi) is 5.23. The van der Waals surface area contributed by atoms with E-state index in [1.165, 1.54) is 44.9 Å². The molecule has 2 heteroatoms. The highest BCUT2D eigenvalue weighted by Crippen LogP contribution is 2.32. The molecule has 1 N–H and O–H groups in total. The minimum absolute atomic E-state index is 0.791. The standard InChI is InChI=1S/C15H29NS/c1-11-5-4-6-12(2)15(11)16-13-7-9-14(17-3)10-8-13/h11-16H,4-10H2,1-3H3. The van der Waals surface area contributed by atoms with Crippen molar-refractivity contribution in [1.29, 1.82) is 0 Å². The third kappa shape index (κ3) is 3.64. The Morgan fingerprint density at radius 3 is 2.00 bits per heavy atom. The Morgan fingerprint density at radius 1 is 0.882 bits per heavy atom. The SMILES string of the molecule is CSC1CCC(NC2C(C)CCCC2C)CC1. The minimum atomic E-state index is 0.791. The van der Waals surface area contributed by atoms with Gasteiger partial charge in [-0.2, -0.15) is 11.8 Å². The number of rotatable bonds is 3. The van der Waals surface area contributed by atoms with Crippen LogP contribution in [-0.2, 0) is 0 Å². The first kappa shape index (κ1) is 13.7. The molecular formula is C15H29NS. The predicted octanol–water partition coefficient (Wildman–Crippen LogP) is 4.07. The van der Waals surface area contributed by atoms with Gasteiger partial charge >= 0.3 is 0 Å². The first-order valence-corrected chi connectivity index (χ1v) is 8.78. The topological polar surface area (TPSA) is 12.0 Å². The Hall–Kier alpha value is 0.310. The lowest BCUT2D eigenvalue weighted by Gasteiger charge is -2.39. The number of thioether (sulfide) groups is 1. The molecule has 0 aromatic carbocycles. The zero-order chi connectivity index (χ0) is 12.3. The van der Waals surface area contributed by atoms with Crippen molar-refractivity contribution in [2.24, 2.45) is 11.8 Å². The van der Waals surface area contributed by atoms with Gasteiger partial charge in [-0.15, -0.1) is 0 Å². The van der Waals surface area contributed by atoms with Crippen molar-refractivity contribution < 1.29 is 0 Å². The zero-order valence-electron chi connectivity index (χ0n) is 11.7. The van der Waals surface area contributed by atoms with E-state index in [1.807, 2.05) is 0 Å². The molecule has 2 aliphatic carbocycles. The maximum atomic E-state index is 3.99. The molecule has 0 spiro atoms. The van der Waals surface area contributed by atoms with Crippen LogP contribution in [0.4, 0.5) is 0 Å². The van der Waals surface area contributed by atoms with Gasteiger partial charge in [0.25, 0.3) is 0 Å². The van der Waals surface area contributed by atoms with Gasteiger partial charge in [-0.3, -0.25) is 0 Å². The lowest BCUT2D eigenvalue weighted by Crippen LogP contribution is -2.48. The number of nitrogens with one attached hydrogen (secondary N) is 1. The lowest BCUT2D eigenvalue weighted by molar-refractivity contribution is 0.180. The molecule has 0 aromatic heterocycles. The normalized spacial score (nSPS) is 43.6. The van der Waals surface area contributed by atoms with Crippen molar-refractivity contribution in [2.75, 3.05) is 6.26 Å². The van der Waals surface area contributed by atoms with Crippen molar-refractivity contribution in [3.05, 3.63) is 0 Å². The molecule has 0 aliphatic heterocycles. The molecule has 1 nitrogen and oxygen atoms in total. The van der Waals surface area contributed by atoms with Crippen LogP contribution in [0, 0.1) is 11.8 Å². The average molecular weight is 255 g/mol. The molecule has 2 fully saturated rings. The second-order valence-electron chi connectivity index (χ2n) is 6.29. The predicted molar refractivity (Wildman–Crippen MR) is 78.7 cm³/mol. The fraction of sp³-hybridized carbons (Fsp3) is 1.00. The van der Waals surface area contributed by atoms with Gasteiger partial charge in [-0.25, -0.2) is 0 Å². The maximum Gasteiger partial charge on any atom is 0.0121 e. The molecule has 0 heterocycles. The van der Waals surface area contributed by atoms with Gasteiger partial charge in [0, 0.05) is 17.3 Å². The smallest absolute Gasteiger partial charge is 0.0121 e. The first-order valence-electron chi connectivity index (χ1n) is 7.49. The molecule has 2 unspecified atom stereocenters. The molecular weight excluding hydrogens is 226 g/mol. The van der Waals surface area contributed by atoms with Gasteiger partial charge in [0.1, 0.15) is 0 Å². The highest BCUT2D eigenvalue weighted by molar-refractivity contribution is 7.99. The van der Waals surface area contributed by atoms with Gasteiger partial charge in [0.2, 0.25) is 0 Å². The zero-order valence-corrected chi connectivity index (χ0v) is 12.6. The summed E-state index contributed by atoms with van der Waals surface area (Å²) in [5.74, 6) is 1.77. The van der Waals surface area contributed by atoms with E-state index in [-0.39, 0.29) is 0 Å². The molecule has 2 saturated carbocycles. The molecule has 0 saturated heterocycles. The third-order valence-electron chi connectivity index (χ3n) is 4.98. The first-order chi connectivity index (χ1) is 8.20. The van der Waals surface area contributed by atoms with Crippen LogP contribution < -0.4 is 5.32 Å². The molecule has 0 amide bonds. The van der Waals surface area contributed by atoms with Crippen molar-refractivity contribution in [3.63, 3.8) is 0 Å². The van der Waals surface area contributed by atoms with Crippen LogP contribution in [0.5, 0.6) is 0 Å². The van der Waals surface area contributed by atoms with E-state index in [4.69, 9.17) is 0 Å². The van der Waals surface area contributed by atoms with Gasteiger partial charge in [0.05, 0.1) is 0 Å². The third-order valence-corrected chi connectivity index (χ3v) is 6.12. The summed E-state index contributed by atoms with van der Waals surface area (Å²) in [7, 11) is 0. The fourth-order valence-electron chi connectivity index (χ4n) is 3.75. The quantitative estimate of drug-likeness (QED) is 0.815. The fourth-order valence-corrected chi connectivity index (χ4v) is 4.49. The van der Waals surface area contributed by atoms with E-state index in [0.717, 1.165) is 29.2 Å². The van der Waals surface area contributed by atoms with Gasteiger partial charge in [0.15, 0.2) is 0 Å². The molecule has 2 atom stereocenters. The molecule has 0 bridgehead atoms. The van der Waals surface area contributed by atoms with E-state index in [2.05, 4.69) is 37.2 Å². The summed E-state index contributed by atoms with van der Waals surface area (Å²) >= 11 is 2.07. The highest BCUT2D eigenvalue weighted by atomic mass is 32.2. The summed E-state index contributed by atoms with van der Waals surface area (Å²) < 4.78 is 0. The maximum absolute atomic E-state index is 3.99. The van der Waals surface area contributed by atoms with Crippen molar-refractivity contribution >= 4 is 11.8 Å². The molecule has 100 valence electrons. The van der Waals surface area contributed by atoms with Gasteiger partial charge in [-0.1, -0.05) is 20.3 Å². The van der Waals surface area contributed by atoms with E-state index >= 15 is 0 Å². The van der Waals surface area contributed by atoms with Gasteiger partial charge < -0.3 is 5.32 Å². The Balaban J connectivity index is 1.80. The highest BCUT2D eigenvalue weighted by Gasteiger charge is 2.30. The second-order valence-corrected chi connectivity index (χ2v) is 7.43. The van der Waals surface area contributed by atoms with Crippen LogP contribution in [0.3, 0.4) is 0 Å².